The normalized spacial score (nSPS) is 2.57. The third-order valence-corrected chi connectivity index (χ3v) is 0. The third kappa shape index (κ3) is 527. The molecule has 0 aromatic rings. The maximum absolute atomic E-state index is 2.12. The van der Waals surface area contributed by atoms with Crippen molar-refractivity contribution >= 4 is 0 Å². The van der Waals surface area contributed by atoms with Crippen LogP contribution in [0.15, 0.2) is 0 Å². The number of hydrogen-bond acceptors (Lipinski definition) is 0. The van der Waals surface area contributed by atoms with Gasteiger partial charge in [-0.15, -0.1) is 0 Å². The standard InChI is InChI=1S/C3H8.2ClH.2H3N/c1-3-2;;;;/h3H2,1-2H3;2*1H;2*1H3. The Morgan fingerprint density at radius 2 is 0.857 bits per heavy atom. The predicted molar refractivity (Wildman–Crippen MR) is 27.9 cm³/mol. The van der Waals surface area contributed by atoms with E-state index in [1.54, 1.807) is 0 Å². The molecule has 8 N–H and O–H groups in total. The Kier molecular flexibility index (Phi) is 633. The Labute approximate surface area is 58.0 Å². The molecule has 0 bridgehead atoms. The van der Waals surface area contributed by atoms with Crippen LogP contribution >= 0.6 is 0 Å². The second-order valence-corrected chi connectivity index (χ2v) is 0.707. The van der Waals surface area contributed by atoms with Gasteiger partial charge in [0.15, 0.2) is 0 Å². The van der Waals surface area contributed by atoms with Crippen molar-refractivity contribution in [3.63, 3.8) is 0 Å². The lowest BCUT2D eigenvalue weighted by atomic mass is 10.6. The Morgan fingerprint density at radius 3 is 0.857 bits per heavy atom. The van der Waals surface area contributed by atoms with E-state index < -0.39 is 0 Å². The molecule has 0 saturated carbocycles. The van der Waals surface area contributed by atoms with E-state index in [0.29, 0.717) is 0 Å². The molecule has 0 aliphatic carbocycles. The van der Waals surface area contributed by atoms with E-state index in [2.05, 4.69) is 13.8 Å². The molecule has 0 aromatic carbocycles. The van der Waals surface area contributed by atoms with Crippen LogP contribution < -0.4 is 37.1 Å². The summed E-state index contributed by atoms with van der Waals surface area (Å²) >= 11 is 0. The first-order chi connectivity index (χ1) is 1.41. The van der Waals surface area contributed by atoms with Crippen molar-refractivity contribution in [1.82, 2.24) is 12.3 Å². The molecule has 0 aliphatic rings. The first-order valence-corrected chi connectivity index (χ1v) is 1.41. The third-order valence-electron chi connectivity index (χ3n) is 0. The fourth-order valence-electron chi connectivity index (χ4n) is 0. The average molecular weight is 151 g/mol. The summed E-state index contributed by atoms with van der Waals surface area (Å²) in [6.45, 7) is 4.25. The fraction of sp³-hybridized carbons (Fsp3) is 1.00. The summed E-state index contributed by atoms with van der Waals surface area (Å²) in [7, 11) is 0. The van der Waals surface area contributed by atoms with Crippen molar-refractivity contribution in [2.75, 3.05) is 0 Å². The smallest absolute Gasteiger partial charge is 0.0590 e. The molecule has 0 spiro atoms. The molecule has 0 rings (SSSR count). The van der Waals surface area contributed by atoms with Gasteiger partial charge >= 0.3 is 0 Å². The maximum atomic E-state index is 2.12. The summed E-state index contributed by atoms with van der Waals surface area (Å²) in [6.07, 6.45) is 1.25. The number of hydrogen-bond donors (Lipinski definition) is 2. The van der Waals surface area contributed by atoms with Crippen molar-refractivity contribution in [3.05, 3.63) is 0 Å². The summed E-state index contributed by atoms with van der Waals surface area (Å²) in [5.41, 5.74) is 0. The molecule has 0 aliphatic heterocycles. The quantitative estimate of drug-likeness (QED) is 0.356. The second kappa shape index (κ2) is 87.4. The molecule has 52 valence electrons. The van der Waals surface area contributed by atoms with Crippen LogP contribution in [0.4, 0.5) is 0 Å². The van der Waals surface area contributed by atoms with Crippen molar-refractivity contribution < 1.29 is 24.8 Å². The van der Waals surface area contributed by atoms with Gasteiger partial charge in [0, 0.05) is 0 Å². The highest BCUT2D eigenvalue weighted by molar-refractivity contribution is 3.92. The fourth-order valence-corrected chi connectivity index (χ4v) is 0. The zero-order valence-corrected chi connectivity index (χ0v) is 6.97. The monoisotopic (exact) mass is 150 g/mol. The topological polar surface area (TPSA) is 73.0 Å². The summed E-state index contributed by atoms with van der Waals surface area (Å²) in [5, 5.41) is 0. The van der Waals surface area contributed by atoms with Crippen LogP contribution in [0.3, 0.4) is 0 Å². The summed E-state index contributed by atoms with van der Waals surface area (Å²) in [5.74, 6) is 0. The van der Waals surface area contributed by atoms with Crippen LogP contribution in [0.25, 0.3) is 0 Å². The first-order valence-electron chi connectivity index (χ1n) is 1.41. The lowest BCUT2D eigenvalue weighted by Crippen LogP contribution is -3.00. The maximum Gasteiger partial charge on any atom is -0.0590 e. The van der Waals surface area contributed by atoms with Crippen molar-refractivity contribution in [3.8, 4) is 0 Å². The average Bonchev–Trinajstić information content (AvgIpc) is 0.918. The Balaban J connectivity index is -0.00000000333. The van der Waals surface area contributed by atoms with Gasteiger partial charge in [-0.1, -0.05) is 20.3 Å². The van der Waals surface area contributed by atoms with Gasteiger partial charge in [0.05, 0.1) is 0 Å². The van der Waals surface area contributed by atoms with Gasteiger partial charge in [-0.05, 0) is 0 Å². The Hall–Kier alpha value is 0.500. The van der Waals surface area contributed by atoms with Crippen molar-refractivity contribution in [2.24, 2.45) is 0 Å². The van der Waals surface area contributed by atoms with Crippen LogP contribution in [-0.2, 0) is 0 Å². The highest BCUT2D eigenvalue weighted by Gasteiger charge is 1.35. The summed E-state index contributed by atoms with van der Waals surface area (Å²) in [4.78, 5) is 0. The molecule has 0 aromatic heterocycles. The molecule has 0 radical (unpaired) electrons. The molecule has 0 saturated heterocycles. The van der Waals surface area contributed by atoms with Gasteiger partial charge in [0.1, 0.15) is 0 Å². The number of halogens is 2. The Bertz CT molecular complexity index is 10.9. The number of quaternary nitrogens is 2. The lowest BCUT2D eigenvalue weighted by Gasteiger charge is -1.48. The highest BCUT2D eigenvalue weighted by atomic mass is 35.5. The van der Waals surface area contributed by atoms with Gasteiger partial charge in [0.25, 0.3) is 0 Å². The van der Waals surface area contributed by atoms with Crippen molar-refractivity contribution in [1.29, 1.82) is 0 Å². The SMILES string of the molecule is CCC.[Cl-].[Cl-].[NH4+].[NH4+]. The molecule has 0 amide bonds. The lowest BCUT2D eigenvalue weighted by molar-refractivity contribution is -0.001000. The predicted octanol–water partition coefficient (Wildman–Crippen LogP) is -3.82. The van der Waals surface area contributed by atoms with Gasteiger partial charge in [0.2, 0.25) is 0 Å². The van der Waals surface area contributed by atoms with Crippen molar-refractivity contribution in [2.45, 2.75) is 20.3 Å². The van der Waals surface area contributed by atoms with Crippen LogP contribution in [-0.4, -0.2) is 0 Å². The van der Waals surface area contributed by atoms with E-state index in [4.69, 9.17) is 0 Å². The molecule has 2 nitrogen and oxygen atoms in total. The molecule has 0 unspecified atom stereocenters. The van der Waals surface area contributed by atoms with Crippen LogP contribution in [0.1, 0.15) is 20.3 Å². The minimum Gasteiger partial charge on any atom is -1.00 e. The van der Waals surface area contributed by atoms with Gasteiger partial charge in [-0.3, -0.25) is 0 Å². The molecular weight excluding hydrogens is 135 g/mol. The number of rotatable bonds is 0. The molecule has 0 atom stereocenters. The second-order valence-electron chi connectivity index (χ2n) is 0.707. The summed E-state index contributed by atoms with van der Waals surface area (Å²) in [6, 6.07) is 0. The van der Waals surface area contributed by atoms with Crippen LogP contribution in [0, 0.1) is 0 Å². The molecular formula is C3H16Cl2N2. The van der Waals surface area contributed by atoms with E-state index in [1.165, 1.54) is 6.42 Å². The van der Waals surface area contributed by atoms with Crippen LogP contribution in [0.5, 0.6) is 0 Å². The van der Waals surface area contributed by atoms with Gasteiger partial charge in [-0.2, -0.15) is 0 Å². The van der Waals surface area contributed by atoms with E-state index >= 15 is 0 Å². The minimum atomic E-state index is 0. The zero-order valence-electron chi connectivity index (χ0n) is 5.46. The molecule has 4 heteroatoms. The van der Waals surface area contributed by atoms with Gasteiger partial charge < -0.3 is 37.1 Å². The Morgan fingerprint density at radius 1 is 0.857 bits per heavy atom. The van der Waals surface area contributed by atoms with Crippen LogP contribution in [0.2, 0.25) is 0 Å². The van der Waals surface area contributed by atoms with E-state index in [-0.39, 0.29) is 37.1 Å². The minimum absolute atomic E-state index is 0. The summed E-state index contributed by atoms with van der Waals surface area (Å²) < 4.78 is 0. The first kappa shape index (κ1) is 50.7. The van der Waals surface area contributed by atoms with E-state index in [9.17, 15) is 0 Å². The van der Waals surface area contributed by atoms with E-state index in [0.717, 1.165) is 0 Å². The molecule has 0 heterocycles. The van der Waals surface area contributed by atoms with E-state index in [1.807, 2.05) is 0 Å². The molecule has 0 fully saturated rings. The van der Waals surface area contributed by atoms with Gasteiger partial charge in [-0.25, -0.2) is 0 Å². The zero-order chi connectivity index (χ0) is 2.71. The highest BCUT2D eigenvalue weighted by Crippen LogP contribution is 1.56. The molecule has 7 heavy (non-hydrogen) atoms. The largest absolute Gasteiger partial charge is 1.00 e.